The number of likely N-dealkylation sites (tertiary alicyclic amines) is 1. The van der Waals surface area contributed by atoms with E-state index in [0.717, 1.165) is 18.8 Å². The van der Waals surface area contributed by atoms with Gasteiger partial charge in [0, 0.05) is 24.7 Å². The predicted molar refractivity (Wildman–Crippen MR) is 78.1 cm³/mol. The van der Waals surface area contributed by atoms with Crippen molar-refractivity contribution in [1.29, 1.82) is 0 Å². The van der Waals surface area contributed by atoms with E-state index in [9.17, 15) is 0 Å². The summed E-state index contributed by atoms with van der Waals surface area (Å²) in [4.78, 5) is 2.38. The second-order valence-corrected chi connectivity index (χ2v) is 5.08. The number of hydrogen-bond acceptors (Lipinski definition) is 3. The first kappa shape index (κ1) is 13.9. The molecule has 1 fully saturated rings. The largest absolute Gasteiger partial charge is 0.481 e. The lowest BCUT2D eigenvalue weighted by Crippen LogP contribution is -2.43. The summed E-state index contributed by atoms with van der Waals surface area (Å²) in [7, 11) is 2.18. The van der Waals surface area contributed by atoms with Crippen molar-refractivity contribution in [2.24, 2.45) is 0 Å². The van der Waals surface area contributed by atoms with Crippen molar-refractivity contribution in [2.75, 3.05) is 26.7 Å². The van der Waals surface area contributed by atoms with Crippen LogP contribution in [0.2, 0.25) is 0 Å². The second kappa shape index (κ2) is 7.18. The summed E-state index contributed by atoms with van der Waals surface area (Å²) in [5, 5.41) is 3.61. The molecule has 0 saturated carbocycles. The fourth-order valence-corrected chi connectivity index (χ4v) is 2.50. The number of hydrogen-bond donors (Lipinski definition) is 1. The van der Waals surface area contributed by atoms with E-state index in [1.807, 2.05) is 18.2 Å². The zero-order valence-electron chi connectivity index (χ0n) is 11.6. The highest BCUT2D eigenvalue weighted by Gasteiger charge is 2.16. The number of terminal acetylenes is 1. The molecule has 1 atom stereocenters. The van der Waals surface area contributed by atoms with Gasteiger partial charge in [0.1, 0.15) is 12.4 Å². The molecule has 3 heteroatoms. The summed E-state index contributed by atoms with van der Waals surface area (Å²) in [6.45, 7) is 3.48. The molecule has 0 bridgehead atoms. The van der Waals surface area contributed by atoms with Crippen LogP contribution >= 0.6 is 0 Å². The van der Waals surface area contributed by atoms with Gasteiger partial charge in [0.15, 0.2) is 0 Å². The van der Waals surface area contributed by atoms with Crippen LogP contribution in [0.15, 0.2) is 24.3 Å². The minimum atomic E-state index is 0.323. The third-order valence-electron chi connectivity index (χ3n) is 3.49. The Hall–Kier alpha value is -1.50. The highest BCUT2D eigenvalue weighted by atomic mass is 16.5. The van der Waals surface area contributed by atoms with Gasteiger partial charge in [0.2, 0.25) is 0 Å². The summed E-state index contributed by atoms with van der Waals surface area (Å²) in [6, 6.07) is 8.64. The molecule has 2 rings (SSSR count). The number of para-hydroxylation sites is 1. The molecule has 102 valence electrons. The molecule has 0 aromatic heterocycles. The third kappa shape index (κ3) is 4.27. The number of nitrogens with zero attached hydrogens (tertiary/aromatic N) is 1. The molecule has 1 unspecified atom stereocenters. The molecular formula is C16H22N2O. The number of ether oxygens (including phenoxy) is 1. The van der Waals surface area contributed by atoms with Gasteiger partial charge < -0.3 is 15.0 Å². The number of piperidine rings is 1. The number of benzene rings is 1. The molecule has 1 aliphatic heterocycles. The van der Waals surface area contributed by atoms with Gasteiger partial charge in [0.05, 0.1) is 0 Å². The Morgan fingerprint density at radius 3 is 3.11 bits per heavy atom. The lowest BCUT2D eigenvalue weighted by atomic mass is 10.1. The van der Waals surface area contributed by atoms with Crippen LogP contribution in [-0.4, -0.2) is 37.7 Å². The Labute approximate surface area is 115 Å². The molecule has 1 saturated heterocycles. The average molecular weight is 258 g/mol. The van der Waals surface area contributed by atoms with Gasteiger partial charge >= 0.3 is 0 Å². The minimum absolute atomic E-state index is 0.323. The maximum absolute atomic E-state index is 5.56. The fourth-order valence-electron chi connectivity index (χ4n) is 2.50. The molecule has 1 N–H and O–H groups in total. The van der Waals surface area contributed by atoms with Crippen LogP contribution < -0.4 is 10.1 Å². The molecule has 1 aliphatic rings. The van der Waals surface area contributed by atoms with E-state index in [1.54, 1.807) is 0 Å². The average Bonchev–Trinajstić information content (AvgIpc) is 2.44. The molecule has 19 heavy (non-hydrogen) atoms. The number of rotatable bonds is 5. The number of nitrogens with one attached hydrogen (secondary N) is 1. The Morgan fingerprint density at radius 1 is 1.47 bits per heavy atom. The van der Waals surface area contributed by atoms with Crippen LogP contribution in [0.25, 0.3) is 0 Å². The smallest absolute Gasteiger partial charge is 0.148 e. The van der Waals surface area contributed by atoms with E-state index in [0.29, 0.717) is 12.6 Å². The summed E-state index contributed by atoms with van der Waals surface area (Å²) in [6.07, 6.45) is 7.75. The van der Waals surface area contributed by atoms with Gasteiger partial charge in [-0.1, -0.05) is 24.1 Å². The SMILES string of the molecule is C#CCOc1ccccc1CNC1CCCN(C)C1. The van der Waals surface area contributed by atoms with Crippen LogP contribution in [0.5, 0.6) is 5.75 Å². The monoisotopic (exact) mass is 258 g/mol. The normalized spacial score (nSPS) is 19.9. The maximum atomic E-state index is 5.56. The maximum Gasteiger partial charge on any atom is 0.148 e. The van der Waals surface area contributed by atoms with E-state index in [-0.39, 0.29) is 0 Å². The van der Waals surface area contributed by atoms with Crippen LogP contribution in [0.1, 0.15) is 18.4 Å². The van der Waals surface area contributed by atoms with E-state index < -0.39 is 0 Å². The van der Waals surface area contributed by atoms with Crippen LogP contribution in [0.3, 0.4) is 0 Å². The van der Waals surface area contributed by atoms with Gasteiger partial charge in [-0.15, -0.1) is 6.42 Å². The molecule has 0 amide bonds. The highest BCUT2D eigenvalue weighted by molar-refractivity contribution is 5.33. The summed E-state index contributed by atoms with van der Waals surface area (Å²) >= 11 is 0. The van der Waals surface area contributed by atoms with Crippen molar-refractivity contribution in [2.45, 2.75) is 25.4 Å². The lowest BCUT2D eigenvalue weighted by molar-refractivity contribution is 0.226. The highest BCUT2D eigenvalue weighted by Crippen LogP contribution is 2.18. The van der Waals surface area contributed by atoms with Crippen molar-refractivity contribution < 1.29 is 4.74 Å². The summed E-state index contributed by atoms with van der Waals surface area (Å²) in [5.41, 5.74) is 1.17. The van der Waals surface area contributed by atoms with Crippen molar-refractivity contribution >= 4 is 0 Å². The standard InChI is InChI=1S/C16H22N2O/c1-3-11-19-16-9-5-4-7-14(16)12-17-15-8-6-10-18(2)13-15/h1,4-5,7,9,15,17H,6,8,10-13H2,2H3. The van der Waals surface area contributed by atoms with Gasteiger partial charge in [-0.25, -0.2) is 0 Å². The van der Waals surface area contributed by atoms with Crippen LogP contribution in [0, 0.1) is 12.3 Å². The van der Waals surface area contributed by atoms with E-state index in [4.69, 9.17) is 11.2 Å². The summed E-state index contributed by atoms with van der Waals surface area (Å²) < 4.78 is 5.56. The quantitative estimate of drug-likeness (QED) is 0.816. The predicted octanol–water partition coefficient (Wildman–Crippen LogP) is 1.88. The second-order valence-electron chi connectivity index (χ2n) is 5.08. The zero-order valence-corrected chi connectivity index (χ0v) is 11.6. The zero-order chi connectivity index (χ0) is 13.5. The molecule has 1 aromatic rings. The molecule has 3 nitrogen and oxygen atoms in total. The van der Waals surface area contributed by atoms with Crippen molar-refractivity contribution in [3.63, 3.8) is 0 Å². The Kier molecular flexibility index (Phi) is 5.26. The number of likely N-dealkylation sites (N-methyl/N-ethyl adjacent to an activating group) is 1. The van der Waals surface area contributed by atoms with Crippen LogP contribution in [0.4, 0.5) is 0 Å². The molecular weight excluding hydrogens is 236 g/mol. The molecule has 0 spiro atoms. The first-order valence-electron chi connectivity index (χ1n) is 6.85. The Morgan fingerprint density at radius 2 is 2.32 bits per heavy atom. The van der Waals surface area contributed by atoms with E-state index in [1.165, 1.54) is 24.9 Å². The Bertz CT molecular complexity index is 439. The molecule has 0 aliphatic carbocycles. The van der Waals surface area contributed by atoms with Crippen molar-refractivity contribution in [3.8, 4) is 18.1 Å². The van der Waals surface area contributed by atoms with Crippen molar-refractivity contribution in [1.82, 2.24) is 10.2 Å². The lowest BCUT2D eigenvalue weighted by Gasteiger charge is -2.30. The fraction of sp³-hybridized carbons (Fsp3) is 0.500. The van der Waals surface area contributed by atoms with Crippen molar-refractivity contribution in [3.05, 3.63) is 29.8 Å². The van der Waals surface area contributed by atoms with Crippen LogP contribution in [-0.2, 0) is 6.54 Å². The van der Waals surface area contributed by atoms with Gasteiger partial charge in [0.25, 0.3) is 0 Å². The van der Waals surface area contributed by atoms with E-state index in [2.05, 4.69) is 29.3 Å². The van der Waals surface area contributed by atoms with E-state index >= 15 is 0 Å². The molecule has 1 heterocycles. The summed E-state index contributed by atoms with van der Waals surface area (Å²) in [5.74, 6) is 3.39. The Balaban J connectivity index is 1.89. The first-order chi connectivity index (χ1) is 9.29. The topological polar surface area (TPSA) is 24.5 Å². The van der Waals surface area contributed by atoms with Gasteiger partial charge in [-0.3, -0.25) is 0 Å². The van der Waals surface area contributed by atoms with Gasteiger partial charge in [-0.05, 0) is 32.5 Å². The molecule has 1 aromatic carbocycles. The van der Waals surface area contributed by atoms with Gasteiger partial charge in [-0.2, -0.15) is 0 Å². The third-order valence-corrected chi connectivity index (χ3v) is 3.49. The minimum Gasteiger partial charge on any atom is -0.481 e. The first-order valence-corrected chi connectivity index (χ1v) is 6.85. The molecule has 0 radical (unpaired) electrons.